The third-order valence-electron chi connectivity index (χ3n) is 3.52. The number of unbranched alkanes of at least 4 members (excludes halogenated alkanes) is 1. The van der Waals surface area contributed by atoms with Crippen molar-refractivity contribution in [1.82, 2.24) is 20.0 Å². The largest absolute Gasteiger partial charge is 0.356 e. The van der Waals surface area contributed by atoms with E-state index in [1.54, 1.807) is 0 Å². The molecule has 1 aromatic heterocycles. The Kier molecular flexibility index (Phi) is 8.38. The van der Waals surface area contributed by atoms with Crippen LogP contribution in [0.5, 0.6) is 0 Å². The van der Waals surface area contributed by atoms with Gasteiger partial charge in [0.2, 0.25) is 0 Å². The summed E-state index contributed by atoms with van der Waals surface area (Å²) in [6.45, 7) is 6.17. The SMILES string of the molecule is CN=C(NCCCCSC)N(C)Cc1cn(C)nc1C(C)C. The fourth-order valence-corrected chi connectivity index (χ4v) is 2.94. The Bertz CT molecular complexity index is 467. The number of thioether (sulfide) groups is 1. The zero-order chi connectivity index (χ0) is 16.5. The van der Waals surface area contributed by atoms with Gasteiger partial charge in [-0.15, -0.1) is 0 Å². The monoisotopic (exact) mass is 325 g/mol. The van der Waals surface area contributed by atoms with Crippen molar-refractivity contribution in [3.05, 3.63) is 17.5 Å². The molecule has 1 heterocycles. The number of hydrogen-bond acceptors (Lipinski definition) is 3. The van der Waals surface area contributed by atoms with Crippen LogP contribution in [0.25, 0.3) is 0 Å². The maximum absolute atomic E-state index is 4.57. The van der Waals surface area contributed by atoms with Gasteiger partial charge in [0.1, 0.15) is 0 Å². The summed E-state index contributed by atoms with van der Waals surface area (Å²) in [4.78, 5) is 6.55. The normalized spacial score (nSPS) is 12.0. The van der Waals surface area contributed by atoms with Crippen molar-refractivity contribution in [2.45, 2.75) is 39.2 Å². The number of guanidine groups is 1. The second-order valence-electron chi connectivity index (χ2n) is 5.90. The van der Waals surface area contributed by atoms with Gasteiger partial charge in [0.15, 0.2) is 5.96 Å². The summed E-state index contributed by atoms with van der Waals surface area (Å²) < 4.78 is 1.90. The first-order valence-electron chi connectivity index (χ1n) is 7.92. The van der Waals surface area contributed by atoms with E-state index in [0.717, 1.165) is 19.0 Å². The van der Waals surface area contributed by atoms with Crippen molar-refractivity contribution < 1.29 is 0 Å². The molecule has 0 atom stereocenters. The Labute approximate surface area is 139 Å². The first-order valence-corrected chi connectivity index (χ1v) is 9.32. The van der Waals surface area contributed by atoms with Gasteiger partial charge in [0.05, 0.1) is 5.69 Å². The van der Waals surface area contributed by atoms with Gasteiger partial charge in [-0.25, -0.2) is 0 Å². The van der Waals surface area contributed by atoms with Crippen molar-refractivity contribution >= 4 is 17.7 Å². The van der Waals surface area contributed by atoms with Gasteiger partial charge in [-0.3, -0.25) is 9.67 Å². The highest BCUT2D eigenvalue weighted by molar-refractivity contribution is 7.98. The van der Waals surface area contributed by atoms with Crippen molar-refractivity contribution in [3.8, 4) is 0 Å². The third-order valence-corrected chi connectivity index (χ3v) is 4.22. The summed E-state index contributed by atoms with van der Waals surface area (Å²) in [6, 6.07) is 0. The van der Waals surface area contributed by atoms with Gasteiger partial charge in [0.25, 0.3) is 0 Å². The predicted octanol–water partition coefficient (Wildman–Crippen LogP) is 2.69. The molecule has 0 spiro atoms. The first kappa shape index (κ1) is 18.9. The fraction of sp³-hybridized carbons (Fsp3) is 0.750. The Morgan fingerprint density at radius 2 is 2.18 bits per heavy atom. The van der Waals surface area contributed by atoms with Gasteiger partial charge in [-0.1, -0.05) is 13.8 Å². The molecule has 6 heteroatoms. The molecule has 5 nitrogen and oxygen atoms in total. The van der Waals surface area contributed by atoms with Crippen LogP contribution in [0.2, 0.25) is 0 Å². The summed E-state index contributed by atoms with van der Waals surface area (Å²) in [6.07, 6.45) is 6.69. The van der Waals surface area contributed by atoms with Gasteiger partial charge < -0.3 is 10.2 Å². The average Bonchev–Trinajstić information content (AvgIpc) is 2.83. The maximum Gasteiger partial charge on any atom is 0.193 e. The number of aliphatic imine (C=N–C) groups is 1. The van der Waals surface area contributed by atoms with Crippen LogP contribution in [0.3, 0.4) is 0 Å². The van der Waals surface area contributed by atoms with E-state index in [1.165, 1.54) is 29.9 Å². The molecular weight excluding hydrogens is 294 g/mol. The predicted molar refractivity (Wildman–Crippen MR) is 97.7 cm³/mol. The minimum Gasteiger partial charge on any atom is -0.356 e. The quantitative estimate of drug-likeness (QED) is 0.453. The van der Waals surface area contributed by atoms with E-state index < -0.39 is 0 Å². The standard InChI is InChI=1S/C16H31N5S/c1-13(2)15-14(12-21(5)19-15)11-20(4)16(17-3)18-9-7-8-10-22-6/h12-13H,7-11H2,1-6H3,(H,17,18). The minimum atomic E-state index is 0.436. The molecule has 0 aliphatic rings. The number of nitrogens with one attached hydrogen (secondary N) is 1. The summed E-state index contributed by atoms with van der Waals surface area (Å²) in [5.41, 5.74) is 2.44. The van der Waals surface area contributed by atoms with Crippen LogP contribution in [0.15, 0.2) is 11.2 Å². The van der Waals surface area contributed by atoms with Gasteiger partial charge in [-0.2, -0.15) is 16.9 Å². The topological polar surface area (TPSA) is 45.5 Å². The first-order chi connectivity index (χ1) is 10.5. The molecule has 1 N–H and O–H groups in total. The van der Waals surface area contributed by atoms with Crippen LogP contribution < -0.4 is 5.32 Å². The van der Waals surface area contributed by atoms with Gasteiger partial charge >= 0.3 is 0 Å². The number of aromatic nitrogens is 2. The molecule has 0 saturated carbocycles. The van der Waals surface area contributed by atoms with Crippen LogP contribution in [0.4, 0.5) is 0 Å². The van der Waals surface area contributed by atoms with E-state index in [-0.39, 0.29) is 0 Å². The second kappa shape index (κ2) is 9.77. The molecule has 1 rings (SSSR count). The number of nitrogens with zero attached hydrogens (tertiary/aromatic N) is 4. The fourth-order valence-electron chi connectivity index (χ4n) is 2.45. The van der Waals surface area contributed by atoms with E-state index >= 15 is 0 Å². The van der Waals surface area contributed by atoms with Crippen molar-refractivity contribution in [2.24, 2.45) is 12.0 Å². The van der Waals surface area contributed by atoms with Crippen LogP contribution in [-0.4, -0.2) is 53.3 Å². The number of rotatable bonds is 8. The lowest BCUT2D eigenvalue weighted by atomic mass is 10.1. The second-order valence-corrected chi connectivity index (χ2v) is 6.88. The Hall–Kier alpha value is -1.17. The van der Waals surface area contributed by atoms with Gasteiger partial charge in [0, 0.05) is 46.0 Å². The van der Waals surface area contributed by atoms with Crippen LogP contribution >= 0.6 is 11.8 Å². The molecular formula is C16H31N5S. The molecule has 126 valence electrons. The highest BCUT2D eigenvalue weighted by Crippen LogP contribution is 2.18. The molecule has 0 amide bonds. The summed E-state index contributed by atoms with van der Waals surface area (Å²) in [7, 11) is 5.90. The zero-order valence-electron chi connectivity index (χ0n) is 14.9. The highest BCUT2D eigenvalue weighted by Gasteiger charge is 2.14. The molecule has 0 aliphatic heterocycles. The summed E-state index contributed by atoms with van der Waals surface area (Å²) in [5.74, 6) is 2.61. The highest BCUT2D eigenvalue weighted by atomic mass is 32.2. The zero-order valence-corrected chi connectivity index (χ0v) is 15.7. The van der Waals surface area contributed by atoms with Crippen LogP contribution in [0, 0.1) is 0 Å². The lowest BCUT2D eigenvalue weighted by Gasteiger charge is -2.22. The number of hydrogen-bond donors (Lipinski definition) is 1. The molecule has 0 unspecified atom stereocenters. The Balaban J connectivity index is 2.56. The molecule has 0 aromatic carbocycles. The van der Waals surface area contributed by atoms with E-state index in [4.69, 9.17) is 0 Å². The minimum absolute atomic E-state index is 0.436. The number of aryl methyl sites for hydroxylation is 1. The molecule has 0 fully saturated rings. The molecule has 0 aliphatic carbocycles. The van der Waals surface area contributed by atoms with E-state index in [0.29, 0.717) is 5.92 Å². The molecule has 0 bridgehead atoms. The third kappa shape index (κ3) is 5.91. The van der Waals surface area contributed by atoms with Crippen LogP contribution in [-0.2, 0) is 13.6 Å². The average molecular weight is 326 g/mol. The van der Waals surface area contributed by atoms with Crippen molar-refractivity contribution in [1.29, 1.82) is 0 Å². The van der Waals surface area contributed by atoms with Crippen LogP contribution in [0.1, 0.15) is 43.9 Å². The molecule has 22 heavy (non-hydrogen) atoms. The van der Waals surface area contributed by atoms with E-state index in [1.807, 2.05) is 30.5 Å². The summed E-state index contributed by atoms with van der Waals surface area (Å²) in [5, 5.41) is 8.01. The maximum atomic E-state index is 4.57. The van der Waals surface area contributed by atoms with Crippen molar-refractivity contribution in [3.63, 3.8) is 0 Å². The van der Waals surface area contributed by atoms with E-state index in [9.17, 15) is 0 Å². The Morgan fingerprint density at radius 1 is 1.45 bits per heavy atom. The molecule has 1 aromatic rings. The van der Waals surface area contributed by atoms with E-state index in [2.05, 4.69) is 53.7 Å². The molecule has 0 saturated heterocycles. The lowest BCUT2D eigenvalue weighted by Crippen LogP contribution is -2.39. The van der Waals surface area contributed by atoms with Crippen molar-refractivity contribution in [2.75, 3.05) is 32.6 Å². The smallest absolute Gasteiger partial charge is 0.193 e. The lowest BCUT2D eigenvalue weighted by molar-refractivity contribution is 0.472. The summed E-state index contributed by atoms with van der Waals surface area (Å²) >= 11 is 1.90. The Morgan fingerprint density at radius 3 is 2.77 bits per heavy atom. The van der Waals surface area contributed by atoms with Gasteiger partial charge in [-0.05, 0) is 30.8 Å². The molecule has 0 radical (unpaired) electrons.